The summed E-state index contributed by atoms with van der Waals surface area (Å²) < 4.78 is 5.39. The van der Waals surface area contributed by atoms with Crippen molar-refractivity contribution in [3.05, 3.63) is 34.2 Å². The molecule has 1 aromatic heterocycles. The Kier molecular flexibility index (Phi) is 3.36. The zero-order valence-electron chi connectivity index (χ0n) is 11.5. The molecule has 2 N–H and O–H groups in total. The van der Waals surface area contributed by atoms with E-state index in [4.69, 9.17) is 4.42 Å². The lowest BCUT2D eigenvalue weighted by Crippen LogP contribution is -2.45. The van der Waals surface area contributed by atoms with Crippen molar-refractivity contribution in [1.29, 1.82) is 0 Å². The Morgan fingerprint density at radius 3 is 2.80 bits per heavy atom. The van der Waals surface area contributed by atoms with Crippen LogP contribution in [0, 0.1) is 0 Å². The van der Waals surface area contributed by atoms with E-state index in [-0.39, 0.29) is 11.4 Å². The van der Waals surface area contributed by atoms with E-state index < -0.39 is 0 Å². The molecule has 0 atom stereocenters. The third-order valence-corrected chi connectivity index (χ3v) is 3.77. The van der Waals surface area contributed by atoms with Crippen molar-refractivity contribution < 1.29 is 9.52 Å². The van der Waals surface area contributed by atoms with Gasteiger partial charge in [0.25, 0.3) is 0 Å². The predicted molar refractivity (Wildman–Crippen MR) is 78.6 cm³/mol. The maximum absolute atomic E-state index is 12.3. The third kappa shape index (κ3) is 2.04. The van der Waals surface area contributed by atoms with Crippen molar-refractivity contribution in [2.75, 3.05) is 31.1 Å². The van der Waals surface area contributed by atoms with Crippen molar-refractivity contribution in [3.8, 4) is 5.75 Å². The Hall–Kier alpha value is -2.01. The number of hydrogen-bond donors (Lipinski definition) is 2. The van der Waals surface area contributed by atoms with Crippen molar-refractivity contribution in [2.24, 2.45) is 0 Å². The van der Waals surface area contributed by atoms with Gasteiger partial charge in [-0.15, -0.1) is 0 Å². The van der Waals surface area contributed by atoms with Gasteiger partial charge in [0.15, 0.2) is 0 Å². The fourth-order valence-corrected chi connectivity index (χ4v) is 2.85. The minimum absolute atomic E-state index is 0.166. The van der Waals surface area contributed by atoms with Gasteiger partial charge in [-0.05, 0) is 24.1 Å². The Bertz CT molecular complexity index is 687. The monoisotopic (exact) mass is 274 g/mol. The number of piperazine rings is 1. The molecule has 0 amide bonds. The molecule has 2 heterocycles. The van der Waals surface area contributed by atoms with E-state index >= 15 is 0 Å². The smallest absolute Gasteiger partial charge is 0.360 e. The molecule has 0 aliphatic carbocycles. The maximum Gasteiger partial charge on any atom is 0.360 e. The fourth-order valence-electron chi connectivity index (χ4n) is 2.85. The lowest BCUT2D eigenvalue weighted by Gasteiger charge is -2.30. The highest BCUT2D eigenvalue weighted by Crippen LogP contribution is 2.32. The Morgan fingerprint density at radius 1 is 1.35 bits per heavy atom. The van der Waals surface area contributed by atoms with Crippen LogP contribution in [0.4, 0.5) is 5.69 Å². The zero-order chi connectivity index (χ0) is 14.1. The molecule has 0 spiro atoms. The van der Waals surface area contributed by atoms with E-state index in [1.807, 2.05) is 11.8 Å². The van der Waals surface area contributed by atoms with Crippen LogP contribution in [0.25, 0.3) is 11.0 Å². The number of rotatable bonds is 2. The number of aromatic hydroxyl groups is 1. The van der Waals surface area contributed by atoms with Crippen LogP contribution in [0.1, 0.15) is 12.5 Å². The first kappa shape index (κ1) is 13.0. The molecule has 1 aliphatic heterocycles. The molecular formula is C15H18N2O3. The minimum atomic E-state index is -0.318. The second kappa shape index (κ2) is 5.17. The van der Waals surface area contributed by atoms with Gasteiger partial charge in [0.1, 0.15) is 17.0 Å². The van der Waals surface area contributed by atoms with Crippen LogP contribution in [0.15, 0.2) is 27.4 Å². The number of benzene rings is 1. The Labute approximate surface area is 116 Å². The summed E-state index contributed by atoms with van der Waals surface area (Å²) in [6, 6.07) is 5.03. The molecule has 0 bridgehead atoms. The molecule has 1 aliphatic rings. The number of anilines is 1. The number of aryl methyl sites for hydroxylation is 1. The highest BCUT2D eigenvalue weighted by molar-refractivity contribution is 5.90. The van der Waals surface area contributed by atoms with E-state index in [9.17, 15) is 9.90 Å². The summed E-state index contributed by atoms with van der Waals surface area (Å²) in [4.78, 5) is 14.4. The van der Waals surface area contributed by atoms with Crippen molar-refractivity contribution in [1.82, 2.24) is 5.32 Å². The van der Waals surface area contributed by atoms with Crippen LogP contribution < -0.4 is 15.8 Å². The lowest BCUT2D eigenvalue weighted by atomic mass is 10.0. The minimum Gasteiger partial charge on any atom is -0.507 e. The SMILES string of the molecule is CCc1c(N2CCNCC2)c(=O)oc2cccc(O)c12. The van der Waals surface area contributed by atoms with Gasteiger partial charge in [0, 0.05) is 26.2 Å². The molecule has 5 heteroatoms. The first-order valence-electron chi connectivity index (χ1n) is 6.95. The summed E-state index contributed by atoms with van der Waals surface area (Å²) in [6.07, 6.45) is 0.679. The average molecular weight is 274 g/mol. The number of hydrogen-bond acceptors (Lipinski definition) is 5. The molecule has 0 unspecified atom stereocenters. The number of nitrogens with zero attached hydrogens (tertiary/aromatic N) is 1. The van der Waals surface area contributed by atoms with E-state index in [0.29, 0.717) is 23.1 Å². The molecular weight excluding hydrogens is 256 g/mol. The molecule has 106 valence electrons. The third-order valence-electron chi connectivity index (χ3n) is 3.77. The molecule has 20 heavy (non-hydrogen) atoms. The molecule has 0 radical (unpaired) electrons. The standard InChI is InChI=1S/C15H18N2O3/c1-2-10-13-11(18)4-3-5-12(13)20-15(19)14(10)17-8-6-16-7-9-17/h3-5,16,18H,2,6-9H2,1H3. The van der Waals surface area contributed by atoms with Crippen molar-refractivity contribution in [3.63, 3.8) is 0 Å². The van der Waals surface area contributed by atoms with Gasteiger partial charge in [0.05, 0.1) is 5.39 Å². The second-order valence-electron chi connectivity index (χ2n) is 4.96. The molecule has 0 saturated carbocycles. The van der Waals surface area contributed by atoms with Crippen LogP contribution in [0.5, 0.6) is 5.75 Å². The highest BCUT2D eigenvalue weighted by atomic mass is 16.4. The Morgan fingerprint density at radius 2 is 2.10 bits per heavy atom. The van der Waals surface area contributed by atoms with Crippen LogP contribution in [0.3, 0.4) is 0 Å². The predicted octanol–water partition coefficient (Wildman–Crippen LogP) is 1.47. The first-order valence-corrected chi connectivity index (χ1v) is 6.95. The van der Waals surface area contributed by atoms with Crippen molar-refractivity contribution in [2.45, 2.75) is 13.3 Å². The zero-order valence-corrected chi connectivity index (χ0v) is 11.5. The molecule has 5 nitrogen and oxygen atoms in total. The number of phenolic OH excluding ortho intramolecular Hbond substituents is 1. The van der Waals surface area contributed by atoms with Crippen LogP contribution >= 0.6 is 0 Å². The Balaban J connectivity index is 2.27. The summed E-state index contributed by atoms with van der Waals surface area (Å²) in [7, 11) is 0. The summed E-state index contributed by atoms with van der Waals surface area (Å²) in [5, 5.41) is 14.0. The molecule has 3 rings (SSSR count). The van der Waals surface area contributed by atoms with Gasteiger partial charge in [-0.2, -0.15) is 0 Å². The largest absolute Gasteiger partial charge is 0.507 e. The van der Waals surface area contributed by atoms with E-state index in [1.54, 1.807) is 18.2 Å². The lowest BCUT2D eigenvalue weighted by molar-refractivity contribution is 0.477. The summed E-state index contributed by atoms with van der Waals surface area (Å²) in [5.74, 6) is 0.166. The fraction of sp³-hybridized carbons (Fsp3) is 0.400. The van der Waals surface area contributed by atoms with Gasteiger partial charge in [-0.1, -0.05) is 13.0 Å². The number of phenols is 1. The molecule has 2 aromatic rings. The van der Waals surface area contributed by atoms with Crippen LogP contribution in [-0.2, 0) is 6.42 Å². The van der Waals surface area contributed by atoms with Crippen LogP contribution in [0.2, 0.25) is 0 Å². The van der Waals surface area contributed by atoms with Gasteiger partial charge < -0.3 is 19.7 Å². The van der Waals surface area contributed by atoms with E-state index in [1.165, 1.54) is 0 Å². The van der Waals surface area contributed by atoms with Gasteiger partial charge in [-0.3, -0.25) is 0 Å². The normalized spacial score (nSPS) is 15.8. The summed E-state index contributed by atoms with van der Waals surface area (Å²) in [6.45, 7) is 5.24. The van der Waals surface area contributed by atoms with E-state index in [2.05, 4.69) is 5.32 Å². The second-order valence-corrected chi connectivity index (χ2v) is 4.96. The number of nitrogens with one attached hydrogen (secondary N) is 1. The summed E-state index contributed by atoms with van der Waals surface area (Å²) in [5.41, 5.74) is 1.60. The van der Waals surface area contributed by atoms with Crippen LogP contribution in [-0.4, -0.2) is 31.3 Å². The van der Waals surface area contributed by atoms with Gasteiger partial charge in [-0.25, -0.2) is 4.79 Å². The van der Waals surface area contributed by atoms with Gasteiger partial charge in [0.2, 0.25) is 0 Å². The average Bonchev–Trinajstić information content (AvgIpc) is 2.47. The quantitative estimate of drug-likeness (QED) is 0.812. The topological polar surface area (TPSA) is 65.7 Å². The molecule has 1 saturated heterocycles. The first-order chi connectivity index (χ1) is 9.72. The summed E-state index contributed by atoms with van der Waals surface area (Å²) >= 11 is 0. The number of fused-ring (bicyclic) bond motifs is 1. The maximum atomic E-state index is 12.3. The van der Waals surface area contributed by atoms with E-state index in [0.717, 1.165) is 31.7 Å². The van der Waals surface area contributed by atoms with Gasteiger partial charge >= 0.3 is 5.63 Å². The molecule has 1 fully saturated rings. The molecule has 1 aromatic carbocycles. The van der Waals surface area contributed by atoms with Crippen molar-refractivity contribution >= 4 is 16.7 Å². The highest BCUT2D eigenvalue weighted by Gasteiger charge is 2.22.